The van der Waals surface area contributed by atoms with Crippen LogP contribution < -0.4 is 21.0 Å². The first kappa shape index (κ1) is 19.1. The molecule has 0 aliphatic rings. The fourth-order valence-electron chi connectivity index (χ4n) is 3.13. The van der Waals surface area contributed by atoms with Gasteiger partial charge in [-0.2, -0.15) is 5.23 Å². The third kappa shape index (κ3) is 3.88. The zero-order valence-corrected chi connectivity index (χ0v) is 15.7. The van der Waals surface area contributed by atoms with Gasteiger partial charge < -0.3 is 25.9 Å². The minimum absolute atomic E-state index is 0.133. The van der Waals surface area contributed by atoms with Gasteiger partial charge in [0.15, 0.2) is 5.69 Å². The Labute approximate surface area is 157 Å². The molecule has 0 saturated heterocycles. The zero-order valence-electron chi connectivity index (χ0n) is 15.7. The number of quaternary nitrogens is 1. The fraction of sp³-hybridized carbons (Fsp3) is 0.316. The molecule has 0 aliphatic carbocycles. The van der Waals surface area contributed by atoms with Gasteiger partial charge in [0.2, 0.25) is 0 Å². The highest BCUT2D eigenvalue weighted by molar-refractivity contribution is 6.14. The highest BCUT2D eigenvalue weighted by Crippen LogP contribution is 2.37. The topological polar surface area (TPSA) is 111 Å². The monoisotopic (exact) mass is 371 g/mol. The van der Waals surface area contributed by atoms with Crippen molar-refractivity contribution >= 4 is 38.9 Å². The van der Waals surface area contributed by atoms with Crippen LogP contribution in [0, 0.1) is 5.21 Å². The molecule has 1 aromatic heterocycles. The Balaban J connectivity index is 2.15. The Morgan fingerprint density at radius 2 is 2.07 bits per heavy atom. The largest absolute Gasteiger partial charge is 0.595 e. The summed E-state index contributed by atoms with van der Waals surface area (Å²) in [7, 11) is 5.64. The van der Waals surface area contributed by atoms with Crippen molar-refractivity contribution in [1.82, 2.24) is 9.88 Å². The number of methoxy groups -OCH3 is 1. The summed E-state index contributed by atoms with van der Waals surface area (Å²) < 4.78 is 5.29. The first-order valence-corrected chi connectivity index (χ1v) is 8.74. The summed E-state index contributed by atoms with van der Waals surface area (Å²) in [6.07, 6.45) is 0.948. The van der Waals surface area contributed by atoms with Crippen LogP contribution in [-0.4, -0.2) is 49.4 Å². The van der Waals surface area contributed by atoms with Crippen LogP contribution >= 0.6 is 0 Å². The standard InChI is InChI=1S/C19H25N5O3/c1-23(2)10-4-9-21-15-7-8-16(24(25)26)19-17(15)18(20)13-11-12(27-3)5-6-14(13)22-19/h5-8,11,21,24-25H,4,9-10H2,1-3H3,(H2,20,22). The second kappa shape index (κ2) is 7.93. The normalized spacial score (nSPS) is 12.7. The Hall–Kier alpha value is -2.65. The van der Waals surface area contributed by atoms with Crippen molar-refractivity contribution < 1.29 is 15.2 Å². The lowest BCUT2D eigenvalue weighted by Crippen LogP contribution is -2.99. The molecule has 0 fully saturated rings. The summed E-state index contributed by atoms with van der Waals surface area (Å²) in [6.45, 7) is 1.70. The lowest BCUT2D eigenvalue weighted by Gasteiger charge is -2.18. The Kier molecular flexibility index (Phi) is 5.62. The number of pyridine rings is 1. The molecule has 0 spiro atoms. The molecule has 5 N–H and O–H groups in total. The number of nitrogen functional groups attached to an aromatic ring is 1. The number of hydrogen-bond acceptors (Lipinski definition) is 7. The van der Waals surface area contributed by atoms with Gasteiger partial charge in [-0.05, 0) is 51.3 Å². The van der Waals surface area contributed by atoms with Crippen molar-refractivity contribution in [2.24, 2.45) is 0 Å². The summed E-state index contributed by atoms with van der Waals surface area (Å²) >= 11 is 0. The number of benzene rings is 2. The van der Waals surface area contributed by atoms with E-state index in [0.717, 1.165) is 30.6 Å². The molecule has 0 bridgehead atoms. The summed E-state index contributed by atoms with van der Waals surface area (Å²) in [6, 6.07) is 8.71. The van der Waals surface area contributed by atoms with Gasteiger partial charge in [-0.15, -0.1) is 0 Å². The second-order valence-corrected chi connectivity index (χ2v) is 6.68. The van der Waals surface area contributed by atoms with Gasteiger partial charge in [-0.25, -0.2) is 10.2 Å². The maximum Gasteiger partial charge on any atom is 0.190 e. The lowest BCUT2D eigenvalue weighted by atomic mass is 10.0. The van der Waals surface area contributed by atoms with E-state index in [2.05, 4.69) is 15.2 Å². The fourth-order valence-corrected chi connectivity index (χ4v) is 3.13. The predicted molar refractivity (Wildman–Crippen MR) is 108 cm³/mol. The van der Waals surface area contributed by atoms with E-state index in [0.29, 0.717) is 27.9 Å². The summed E-state index contributed by atoms with van der Waals surface area (Å²) in [4.78, 5) is 6.70. The van der Waals surface area contributed by atoms with Crippen LogP contribution in [0.4, 0.5) is 17.1 Å². The van der Waals surface area contributed by atoms with Gasteiger partial charge in [-0.3, -0.25) is 0 Å². The highest BCUT2D eigenvalue weighted by Gasteiger charge is 2.18. The molecule has 2 aromatic carbocycles. The molecule has 144 valence electrons. The van der Waals surface area contributed by atoms with Crippen molar-refractivity contribution in [2.45, 2.75) is 6.42 Å². The molecule has 1 heterocycles. The average molecular weight is 371 g/mol. The molecule has 1 unspecified atom stereocenters. The van der Waals surface area contributed by atoms with Crippen LogP contribution in [0.1, 0.15) is 6.42 Å². The van der Waals surface area contributed by atoms with Gasteiger partial charge in [-0.1, -0.05) is 0 Å². The second-order valence-electron chi connectivity index (χ2n) is 6.68. The quantitative estimate of drug-likeness (QED) is 0.284. The van der Waals surface area contributed by atoms with Crippen molar-refractivity contribution in [3.63, 3.8) is 0 Å². The Morgan fingerprint density at radius 1 is 1.30 bits per heavy atom. The van der Waals surface area contributed by atoms with E-state index in [1.807, 2.05) is 20.2 Å². The van der Waals surface area contributed by atoms with Gasteiger partial charge in [0.25, 0.3) is 0 Å². The van der Waals surface area contributed by atoms with E-state index in [9.17, 15) is 10.4 Å². The van der Waals surface area contributed by atoms with Crippen LogP contribution in [0.5, 0.6) is 5.75 Å². The minimum atomic E-state index is -1.03. The molecular formula is C19H25N5O3. The van der Waals surface area contributed by atoms with Crippen LogP contribution in [-0.2, 0) is 0 Å². The number of rotatable bonds is 7. The number of anilines is 2. The molecule has 8 nitrogen and oxygen atoms in total. The summed E-state index contributed by atoms with van der Waals surface area (Å²) in [5, 5.41) is 25.0. The van der Waals surface area contributed by atoms with Crippen molar-refractivity contribution in [2.75, 3.05) is 45.3 Å². The minimum Gasteiger partial charge on any atom is -0.595 e. The molecule has 8 heteroatoms. The van der Waals surface area contributed by atoms with E-state index in [-0.39, 0.29) is 5.69 Å². The number of nitrogens with zero attached hydrogens (tertiary/aromatic N) is 2. The van der Waals surface area contributed by atoms with E-state index in [4.69, 9.17) is 10.5 Å². The van der Waals surface area contributed by atoms with Gasteiger partial charge in [0.1, 0.15) is 11.3 Å². The Bertz CT molecular complexity index is 959. The highest BCUT2D eigenvalue weighted by atomic mass is 16.8. The number of nitrogens with two attached hydrogens (primary N) is 1. The van der Waals surface area contributed by atoms with Gasteiger partial charge >= 0.3 is 0 Å². The average Bonchev–Trinajstić information content (AvgIpc) is 2.64. The van der Waals surface area contributed by atoms with Crippen LogP contribution in [0.25, 0.3) is 21.8 Å². The van der Waals surface area contributed by atoms with Gasteiger partial charge in [0.05, 0.1) is 23.7 Å². The zero-order chi connectivity index (χ0) is 19.6. The van der Waals surface area contributed by atoms with Crippen molar-refractivity contribution in [3.05, 3.63) is 35.5 Å². The maximum atomic E-state index is 11.7. The van der Waals surface area contributed by atoms with Gasteiger partial charge in [0, 0.05) is 23.7 Å². The molecule has 1 atom stereocenters. The molecular weight excluding hydrogens is 346 g/mol. The third-order valence-corrected chi connectivity index (χ3v) is 4.50. The van der Waals surface area contributed by atoms with Crippen LogP contribution in [0.3, 0.4) is 0 Å². The lowest BCUT2D eigenvalue weighted by molar-refractivity contribution is -0.990. The molecule has 27 heavy (non-hydrogen) atoms. The van der Waals surface area contributed by atoms with E-state index < -0.39 is 5.23 Å². The molecule has 0 amide bonds. The summed E-state index contributed by atoms with van der Waals surface area (Å²) in [5.74, 6) is 0.672. The molecule has 0 radical (unpaired) electrons. The number of fused-ring (bicyclic) bond motifs is 2. The third-order valence-electron chi connectivity index (χ3n) is 4.50. The van der Waals surface area contributed by atoms with Crippen molar-refractivity contribution in [3.8, 4) is 5.75 Å². The van der Waals surface area contributed by atoms with Crippen LogP contribution in [0.2, 0.25) is 0 Å². The summed E-state index contributed by atoms with van der Waals surface area (Å²) in [5.41, 5.74) is 8.89. The number of nitrogens with one attached hydrogen (secondary N) is 2. The maximum absolute atomic E-state index is 11.7. The first-order valence-electron chi connectivity index (χ1n) is 8.74. The molecule has 0 saturated carbocycles. The smallest absolute Gasteiger partial charge is 0.190 e. The number of ether oxygens (including phenoxy) is 1. The van der Waals surface area contributed by atoms with E-state index in [1.54, 1.807) is 31.4 Å². The SMILES string of the molecule is COc1ccc2nc3c([NH+]([O-])O)ccc(NCCCN(C)C)c3c(N)c2c1. The van der Waals surface area contributed by atoms with Crippen LogP contribution in [0.15, 0.2) is 30.3 Å². The molecule has 3 aromatic rings. The molecule has 0 aliphatic heterocycles. The predicted octanol–water partition coefficient (Wildman–Crippen LogP) is 1.75. The molecule has 3 rings (SSSR count). The number of aromatic nitrogens is 1. The first-order chi connectivity index (χ1) is 12.9. The van der Waals surface area contributed by atoms with E-state index in [1.165, 1.54) is 0 Å². The Morgan fingerprint density at radius 3 is 2.74 bits per heavy atom. The van der Waals surface area contributed by atoms with E-state index >= 15 is 0 Å². The number of hydrogen-bond donors (Lipinski definition) is 4. The van der Waals surface area contributed by atoms with Crippen molar-refractivity contribution in [1.29, 1.82) is 0 Å².